The second-order valence-electron chi connectivity index (χ2n) is 3.47. The predicted octanol–water partition coefficient (Wildman–Crippen LogP) is 2.14. The topological polar surface area (TPSA) is 30.7 Å². The van der Waals surface area contributed by atoms with Crippen molar-refractivity contribution in [1.29, 1.82) is 0 Å². The minimum Gasteiger partial charge on any atom is -0.265 e. The molecule has 2 heterocycles. The minimum atomic E-state index is 0.522. The van der Waals surface area contributed by atoms with E-state index in [1.165, 1.54) is 0 Å². The highest BCUT2D eigenvalue weighted by Crippen LogP contribution is 2.18. The highest BCUT2D eigenvalue weighted by atomic mass is 15.3. The summed E-state index contributed by atoms with van der Waals surface area (Å²) in [6, 6.07) is 5.97. The average molecular weight is 211 g/mol. The molecule has 0 unspecified atom stereocenters. The number of hydrogen-bond donors (Lipinski definition) is 0. The lowest BCUT2D eigenvalue weighted by Crippen LogP contribution is -2.02. The third kappa shape index (κ3) is 1.96. The van der Waals surface area contributed by atoms with E-state index in [4.69, 9.17) is 6.42 Å². The summed E-state index contributed by atoms with van der Waals surface area (Å²) in [7, 11) is 0. The molecule has 0 aliphatic carbocycles. The van der Waals surface area contributed by atoms with Gasteiger partial charge < -0.3 is 0 Å². The van der Waals surface area contributed by atoms with Crippen LogP contribution in [-0.2, 0) is 13.0 Å². The van der Waals surface area contributed by atoms with Gasteiger partial charge in [0.2, 0.25) is 0 Å². The first kappa shape index (κ1) is 10.4. The average Bonchev–Trinajstić information content (AvgIpc) is 2.74. The summed E-state index contributed by atoms with van der Waals surface area (Å²) < 4.78 is 1.87. The van der Waals surface area contributed by atoms with E-state index in [0.29, 0.717) is 6.54 Å². The van der Waals surface area contributed by atoms with Gasteiger partial charge in [0.05, 0.1) is 5.69 Å². The SMILES string of the molecule is C#CCn1nc(-c2ccncc2)cc1CC. The Hall–Kier alpha value is -2.08. The van der Waals surface area contributed by atoms with Crippen LogP contribution in [0.25, 0.3) is 11.3 Å². The Balaban J connectivity index is 2.41. The van der Waals surface area contributed by atoms with Crippen molar-refractivity contribution in [2.75, 3.05) is 0 Å². The molecule has 2 aromatic heterocycles. The zero-order valence-electron chi connectivity index (χ0n) is 9.22. The molecular weight excluding hydrogens is 198 g/mol. The van der Waals surface area contributed by atoms with Crippen molar-refractivity contribution in [3.05, 3.63) is 36.3 Å². The molecule has 0 radical (unpaired) electrons. The Morgan fingerprint density at radius 1 is 1.38 bits per heavy atom. The van der Waals surface area contributed by atoms with Crippen LogP contribution in [0.15, 0.2) is 30.6 Å². The molecule has 0 aromatic carbocycles. The molecule has 0 saturated heterocycles. The molecule has 0 aliphatic heterocycles. The zero-order chi connectivity index (χ0) is 11.4. The molecule has 2 rings (SSSR count). The van der Waals surface area contributed by atoms with Crippen molar-refractivity contribution in [1.82, 2.24) is 14.8 Å². The fourth-order valence-corrected chi connectivity index (χ4v) is 1.63. The molecule has 0 saturated carbocycles. The molecule has 0 atom stereocenters. The zero-order valence-corrected chi connectivity index (χ0v) is 9.22. The monoisotopic (exact) mass is 211 g/mol. The van der Waals surface area contributed by atoms with Gasteiger partial charge in [0.15, 0.2) is 0 Å². The highest BCUT2D eigenvalue weighted by molar-refractivity contribution is 5.58. The summed E-state index contributed by atoms with van der Waals surface area (Å²) in [5, 5.41) is 4.49. The molecule has 2 aromatic rings. The maximum absolute atomic E-state index is 5.31. The Kier molecular flexibility index (Phi) is 3.02. The Morgan fingerprint density at radius 3 is 2.75 bits per heavy atom. The van der Waals surface area contributed by atoms with Crippen LogP contribution in [-0.4, -0.2) is 14.8 Å². The molecule has 3 heteroatoms. The van der Waals surface area contributed by atoms with Gasteiger partial charge >= 0.3 is 0 Å². The third-order valence-electron chi connectivity index (χ3n) is 2.44. The van der Waals surface area contributed by atoms with Gasteiger partial charge in [0.25, 0.3) is 0 Å². The molecule has 3 nitrogen and oxygen atoms in total. The third-order valence-corrected chi connectivity index (χ3v) is 2.44. The molecule has 80 valence electrons. The predicted molar refractivity (Wildman–Crippen MR) is 63.7 cm³/mol. The van der Waals surface area contributed by atoms with Crippen molar-refractivity contribution in [2.24, 2.45) is 0 Å². The lowest BCUT2D eigenvalue weighted by Gasteiger charge is -1.98. The van der Waals surface area contributed by atoms with Gasteiger partial charge in [-0.05, 0) is 24.6 Å². The number of pyridine rings is 1. The number of nitrogens with zero attached hydrogens (tertiary/aromatic N) is 3. The second-order valence-corrected chi connectivity index (χ2v) is 3.47. The first-order valence-electron chi connectivity index (χ1n) is 5.25. The van der Waals surface area contributed by atoms with Gasteiger partial charge in [0.1, 0.15) is 6.54 Å². The normalized spacial score (nSPS) is 10.0. The van der Waals surface area contributed by atoms with Gasteiger partial charge in [-0.2, -0.15) is 5.10 Å². The maximum Gasteiger partial charge on any atom is 0.102 e. The minimum absolute atomic E-state index is 0.522. The van der Waals surface area contributed by atoms with Crippen LogP contribution in [0.4, 0.5) is 0 Å². The molecule has 0 aliphatic rings. The largest absolute Gasteiger partial charge is 0.265 e. The fraction of sp³-hybridized carbons (Fsp3) is 0.231. The van der Waals surface area contributed by atoms with Crippen molar-refractivity contribution >= 4 is 0 Å². The van der Waals surface area contributed by atoms with Crippen LogP contribution in [0, 0.1) is 12.3 Å². The van der Waals surface area contributed by atoms with Gasteiger partial charge in [-0.25, -0.2) is 0 Å². The van der Waals surface area contributed by atoms with Crippen LogP contribution in [0.2, 0.25) is 0 Å². The quantitative estimate of drug-likeness (QED) is 0.728. The van der Waals surface area contributed by atoms with Crippen molar-refractivity contribution in [2.45, 2.75) is 19.9 Å². The Bertz CT molecular complexity index is 506. The van der Waals surface area contributed by atoms with E-state index in [-0.39, 0.29) is 0 Å². The molecule has 0 fully saturated rings. The summed E-state index contributed by atoms with van der Waals surface area (Å²) in [6.07, 6.45) is 9.77. The molecule has 0 bridgehead atoms. The van der Waals surface area contributed by atoms with Gasteiger partial charge in [-0.1, -0.05) is 12.8 Å². The molecule has 0 amide bonds. The van der Waals surface area contributed by atoms with E-state index in [0.717, 1.165) is 23.4 Å². The fourth-order valence-electron chi connectivity index (χ4n) is 1.63. The van der Waals surface area contributed by atoms with E-state index in [2.05, 4.69) is 29.0 Å². The number of aryl methyl sites for hydroxylation is 1. The lowest BCUT2D eigenvalue weighted by molar-refractivity contribution is 0.676. The first-order valence-corrected chi connectivity index (χ1v) is 5.25. The lowest BCUT2D eigenvalue weighted by atomic mass is 10.2. The van der Waals surface area contributed by atoms with Crippen LogP contribution in [0.3, 0.4) is 0 Å². The van der Waals surface area contributed by atoms with E-state index < -0.39 is 0 Å². The van der Waals surface area contributed by atoms with Crippen molar-refractivity contribution in [3.8, 4) is 23.6 Å². The summed E-state index contributed by atoms with van der Waals surface area (Å²) >= 11 is 0. The second kappa shape index (κ2) is 4.63. The smallest absolute Gasteiger partial charge is 0.102 e. The number of hydrogen-bond acceptors (Lipinski definition) is 2. The van der Waals surface area contributed by atoms with Gasteiger partial charge in [0, 0.05) is 23.7 Å². The first-order chi connectivity index (χ1) is 7.85. The number of terminal acetylenes is 1. The molecular formula is C13H13N3. The van der Waals surface area contributed by atoms with Crippen LogP contribution < -0.4 is 0 Å². The summed E-state index contributed by atoms with van der Waals surface area (Å²) in [5.41, 5.74) is 3.18. The van der Waals surface area contributed by atoms with Crippen molar-refractivity contribution < 1.29 is 0 Å². The van der Waals surface area contributed by atoms with E-state index in [9.17, 15) is 0 Å². The van der Waals surface area contributed by atoms with E-state index in [1.54, 1.807) is 12.4 Å². The summed E-state index contributed by atoms with van der Waals surface area (Å²) in [4.78, 5) is 3.99. The van der Waals surface area contributed by atoms with Crippen LogP contribution in [0.5, 0.6) is 0 Å². The van der Waals surface area contributed by atoms with Gasteiger partial charge in [-0.15, -0.1) is 6.42 Å². The summed E-state index contributed by atoms with van der Waals surface area (Å²) in [6.45, 7) is 2.62. The molecule has 16 heavy (non-hydrogen) atoms. The van der Waals surface area contributed by atoms with E-state index in [1.807, 2.05) is 16.8 Å². The van der Waals surface area contributed by atoms with Crippen LogP contribution >= 0.6 is 0 Å². The number of rotatable bonds is 3. The number of aromatic nitrogens is 3. The van der Waals surface area contributed by atoms with Gasteiger partial charge in [-0.3, -0.25) is 9.67 Å². The maximum atomic E-state index is 5.31. The summed E-state index contributed by atoms with van der Waals surface area (Å²) in [5.74, 6) is 2.61. The highest BCUT2D eigenvalue weighted by Gasteiger charge is 2.06. The molecule has 0 N–H and O–H groups in total. The van der Waals surface area contributed by atoms with E-state index >= 15 is 0 Å². The van der Waals surface area contributed by atoms with Crippen molar-refractivity contribution in [3.63, 3.8) is 0 Å². The molecule has 0 spiro atoms. The standard InChI is InChI=1S/C13H13N3/c1-3-9-16-12(4-2)10-13(15-16)11-5-7-14-8-6-11/h1,5-8,10H,4,9H2,2H3. The Labute approximate surface area is 95.1 Å². The Morgan fingerprint density at radius 2 is 2.12 bits per heavy atom. The van der Waals surface area contributed by atoms with Crippen LogP contribution in [0.1, 0.15) is 12.6 Å².